The van der Waals surface area contributed by atoms with Gasteiger partial charge in [-0.3, -0.25) is 10.1 Å². The van der Waals surface area contributed by atoms with Crippen LogP contribution in [-0.2, 0) is 16.1 Å². The van der Waals surface area contributed by atoms with Crippen molar-refractivity contribution >= 4 is 28.5 Å². The lowest BCUT2D eigenvalue weighted by Crippen LogP contribution is -2.07. The first-order valence-corrected chi connectivity index (χ1v) is 10.1. The summed E-state index contributed by atoms with van der Waals surface area (Å²) in [6, 6.07) is 5.58. The number of nitrogens with zero attached hydrogens (tertiary/aromatic N) is 2. The van der Waals surface area contributed by atoms with Crippen LogP contribution >= 0.6 is 11.3 Å². The number of unbranched alkanes of at least 4 members (excludes halogenated alkanes) is 3. The third-order valence-electron chi connectivity index (χ3n) is 3.84. The molecule has 152 valence electrons. The topological polar surface area (TPSA) is 82.6 Å². The van der Waals surface area contributed by atoms with E-state index in [0.717, 1.165) is 18.4 Å². The molecule has 0 aliphatic rings. The Labute approximate surface area is 169 Å². The maximum Gasteiger partial charge on any atom is 0.250 e. The van der Waals surface area contributed by atoms with Gasteiger partial charge in [-0.25, -0.2) is 0 Å². The van der Waals surface area contributed by atoms with Crippen molar-refractivity contribution in [2.75, 3.05) is 26.1 Å². The Morgan fingerprint density at radius 3 is 2.79 bits per heavy atom. The van der Waals surface area contributed by atoms with Crippen molar-refractivity contribution in [3.63, 3.8) is 0 Å². The fourth-order valence-electron chi connectivity index (χ4n) is 2.42. The van der Waals surface area contributed by atoms with Gasteiger partial charge in [0.05, 0.1) is 13.7 Å². The van der Waals surface area contributed by atoms with Gasteiger partial charge in [-0.05, 0) is 30.2 Å². The third kappa shape index (κ3) is 7.28. The van der Waals surface area contributed by atoms with E-state index < -0.39 is 0 Å². The van der Waals surface area contributed by atoms with Crippen LogP contribution in [0.25, 0.3) is 6.08 Å². The predicted octanol–water partition coefficient (Wildman–Crippen LogP) is 4.30. The van der Waals surface area contributed by atoms with Crippen LogP contribution in [0.1, 0.15) is 43.2 Å². The lowest BCUT2D eigenvalue weighted by molar-refractivity contribution is -0.111. The van der Waals surface area contributed by atoms with Crippen molar-refractivity contribution in [1.29, 1.82) is 0 Å². The van der Waals surface area contributed by atoms with Gasteiger partial charge < -0.3 is 14.2 Å². The summed E-state index contributed by atoms with van der Waals surface area (Å²) in [5, 5.41) is 11.7. The summed E-state index contributed by atoms with van der Waals surface area (Å²) in [4.78, 5) is 12.1. The second kappa shape index (κ2) is 12.1. The zero-order valence-electron chi connectivity index (χ0n) is 16.6. The molecule has 0 atom stereocenters. The molecule has 28 heavy (non-hydrogen) atoms. The van der Waals surface area contributed by atoms with E-state index in [1.54, 1.807) is 20.3 Å². The fourth-order valence-corrected chi connectivity index (χ4v) is 3.14. The molecule has 1 aromatic heterocycles. The zero-order chi connectivity index (χ0) is 20.2. The number of aromatic nitrogens is 2. The molecule has 1 heterocycles. The van der Waals surface area contributed by atoms with Crippen molar-refractivity contribution < 1.29 is 19.0 Å². The quantitative estimate of drug-likeness (QED) is 0.419. The Hall–Kier alpha value is -2.45. The first-order valence-electron chi connectivity index (χ1n) is 9.27. The van der Waals surface area contributed by atoms with Crippen LogP contribution in [0.4, 0.5) is 5.13 Å². The average Bonchev–Trinajstić information content (AvgIpc) is 3.13. The number of hydrogen-bond donors (Lipinski definition) is 1. The molecule has 0 aliphatic heterocycles. The molecule has 0 aliphatic carbocycles. The van der Waals surface area contributed by atoms with Gasteiger partial charge in [0, 0.05) is 13.2 Å². The van der Waals surface area contributed by atoms with E-state index >= 15 is 0 Å². The molecule has 1 aromatic carbocycles. The van der Waals surface area contributed by atoms with Gasteiger partial charge in [-0.1, -0.05) is 43.6 Å². The average molecular weight is 406 g/mol. The zero-order valence-corrected chi connectivity index (χ0v) is 17.4. The summed E-state index contributed by atoms with van der Waals surface area (Å²) >= 11 is 1.28. The Bertz CT molecular complexity index is 777. The molecule has 1 amide bonds. The molecule has 7 nitrogen and oxygen atoms in total. The van der Waals surface area contributed by atoms with Crippen LogP contribution in [0, 0.1) is 0 Å². The molecule has 2 aromatic rings. The molecule has 2 rings (SSSR count). The normalized spacial score (nSPS) is 11.0. The standard InChI is InChI=1S/C20H27N3O4S/c1-4-5-6-7-12-27-16-10-8-15(13-17(16)26-3)9-11-18(24)21-20-23-22-19(28-20)14-25-2/h8-11,13H,4-7,12,14H2,1-3H3,(H,21,23,24)/b11-9+. The van der Waals surface area contributed by atoms with Gasteiger partial charge in [0.15, 0.2) is 11.5 Å². The summed E-state index contributed by atoms with van der Waals surface area (Å²) in [5.74, 6) is 1.07. The molecular formula is C20H27N3O4S. The number of benzene rings is 1. The number of methoxy groups -OCH3 is 2. The molecule has 8 heteroatoms. The largest absolute Gasteiger partial charge is 0.493 e. The van der Waals surface area contributed by atoms with Crippen molar-refractivity contribution in [2.24, 2.45) is 0 Å². The van der Waals surface area contributed by atoms with E-state index in [1.807, 2.05) is 18.2 Å². The number of carbonyl (C=O) groups excluding carboxylic acids is 1. The highest BCUT2D eigenvalue weighted by molar-refractivity contribution is 7.15. The monoisotopic (exact) mass is 405 g/mol. The number of amides is 1. The smallest absolute Gasteiger partial charge is 0.250 e. The van der Waals surface area contributed by atoms with E-state index in [1.165, 1.54) is 30.3 Å². The van der Waals surface area contributed by atoms with E-state index in [0.29, 0.717) is 34.9 Å². The Morgan fingerprint density at radius 2 is 2.04 bits per heavy atom. The van der Waals surface area contributed by atoms with Crippen LogP contribution in [-0.4, -0.2) is 36.9 Å². The summed E-state index contributed by atoms with van der Waals surface area (Å²) in [6.07, 6.45) is 7.76. The molecule has 0 fully saturated rings. The number of rotatable bonds is 12. The summed E-state index contributed by atoms with van der Waals surface area (Å²) in [6.45, 7) is 3.22. The number of hydrogen-bond acceptors (Lipinski definition) is 7. The van der Waals surface area contributed by atoms with Gasteiger partial charge in [0.25, 0.3) is 0 Å². The SMILES string of the molecule is CCCCCCOc1ccc(/C=C/C(=O)Nc2nnc(COC)s2)cc1OC. The lowest BCUT2D eigenvalue weighted by atomic mass is 10.2. The molecule has 0 bridgehead atoms. The highest BCUT2D eigenvalue weighted by Crippen LogP contribution is 2.29. The van der Waals surface area contributed by atoms with E-state index in [9.17, 15) is 4.79 Å². The lowest BCUT2D eigenvalue weighted by Gasteiger charge is -2.11. The minimum Gasteiger partial charge on any atom is -0.493 e. The number of carbonyl (C=O) groups is 1. The Morgan fingerprint density at radius 1 is 1.18 bits per heavy atom. The predicted molar refractivity (Wildman–Crippen MR) is 111 cm³/mol. The van der Waals surface area contributed by atoms with Crippen molar-refractivity contribution in [3.8, 4) is 11.5 Å². The maximum atomic E-state index is 12.1. The second-order valence-corrected chi connectivity index (χ2v) is 7.14. The van der Waals surface area contributed by atoms with Crippen molar-refractivity contribution in [2.45, 2.75) is 39.2 Å². The molecule has 0 saturated carbocycles. The maximum absolute atomic E-state index is 12.1. The molecule has 0 unspecified atom stereocenters. The number of ether oxygens (including phenoxy) is 3. The number of nitrogens with one attached hydrogen (secondary N) is 1. The molecule has 1 N–H and O–H groups in total. The fraction of sp³-hybridized carbons (Fsp3) is 0.450. The minimum absolute atomic E-state index is 0.282. The third-order valence-corrected chi connectivity index (χ3v) is 4.65. The van der Waals surface area contributed by atoms with E-state index in [2.05, 4.69) is 22.4 Å². The van der Waals surface area contributed by atoms with E-state index in [4.69, 9.17) is 14.2 Å². The van der Waals surface area contributed by atoms with Crippen molar-refractivity contribution in [1.82, 2.24) is 10.2 Å². The van der Waals surface area contributed by atoms with Crippen LogP contribution < -0.4 is 14.8 Å². The summed E-state index contributed by atoms with van der Waals surface area (Å²) in [7, 11) is 3.19. The first kappa shape index (κ1) is 21.8. The van der Waals surface area contributed by atoms with Crippen LogP contribution in [0.2, 0.25) is 0 Å². The van der Waals surface area contributed by atoms with Gasteiger partial charge >= 0.3 is 0 Å². The van der Waals surface area contributed by atoms with E-state index in [-0.39, 0.29) is 5.91 Å². The van der Waals surface area contributed by atoms with Crippen LogP contribution in [0.15, 0.2) is 24.3 Å². The van der Waals surface area contributed by atoms with Gasteiger partial charge in [-0.2, -0.15) is 0 Å². The number of anilines is 1. The molecule has 0 saturated heterocycles. The summed E-state index contributed by atoms with van der Waals surface area (Å²) < 4.78 is 16.2. The molecular weight excluding hydrogens is 378 g/mol. The van der Waals surface area contributed by atoms with Gasteiger partial charge in [0.1, 0.15) is 11.6 Å². The first-order chi connectivity index (χ1) is 13.7. The molecule has 0 radical (unpaired) electrons. The van der Waals surface area contributed by atoms with Crippen molar-refractivity contribution in [3.05, 3.63) is 34.8 Å². The van der Waals surface area contributed by atoms with Crippen LogP contribution in [0.5, 0.6) is 11.5 Å². The highest BCUT2D eigenvalue weighted by atomic mass is 32.1. The molecule has 0 spiro atoms. The second-order valence-electron chi connectivity index (χ2n) is 6.08. The summed E-state index contributed by atoms with van der Waals surface area (Å²) in [5.41, 5.74) is 0.836. The highest BCUT2D eigenvalue weighted by Gasteiger charge is 2.07. The van der Waals surface area contributed by atoms with Gasteiger partial charge in [0.2, 0.25) is 11.0 Å². The Kier molecular flexibility index (Phi) is 9.44. The van der Waals surface area contributed by atoms with Crippen LogP contribution in [0.3, 0.4) is 0 Å². The van der Waals surface area contributed by atoms with Gasteiger partial charge in [-0.15, -0.1) is 10.2 Å². The minimum atomic E-state index is -0.282. The Balaban J connectivity index is 1.90.